The number of hydrogen-bond acceptors (Lipinski definition) is 2. The molecule has 0 radical (unpaired) electrons. The molecule has 0 spiro atoms. The third-order valence-electron chi connectivity index (χ3n) is 2.65. The molecule has 1 saturated heterocycles. The molecule has 0 aromatic carbocycles. The fourth-order valence-corrected chi connectivity index (χ4v) is 1.75. The topological polar surface area (TPSA) is 12.5 Å². The van der Waals surface area contributed by atoms with Crippen molar-refractivity contribution in [2.45, 2.75) is 19.8 Å². The molecular formula is C10H20ClNO. The van der Waals surface area contributed by atoms with Crippen molar-refractivity contribution in [2.75, 3.05) is 38.7 Å². The van der Waals surface area contributed by atoms with Gasteiger partial charge in [0.1, 0.15) is 0 Å². The zero-order valence-electron chi connectivity index (χ0n) is 8.47. The Hall–Kier alpha value is 0.210. The molecular weight excluding hydrogens is 186 g/mol. The number of nitrogens with zero attached hydrogens (tertiary/aromatic N) is 1. The second kappa shape index (κ2) is 6.63. The van der Waals surface area contributed by atoms with Crippen LogP contribution >= 0.6 is 11.6 Å². The highest BCUT2D eigenvalue weighted by Gasteiger charge is 2.14. The Morgan fingerprint density at radius 1 is 1.31 bits per heavy atom. The van der Waals surface area contributed by atoms with Gasteiger partial charge in [-0.15, -0.1) is 11.6 Å². The predicted molar refractivity (Wildman–Crippen MR) is 56.4 cm³/mol. The Morgan fingerprint density at radius 3 is 2.62 bits per heavy atom. The fraction of sp³-hybridized carbons (Fsp3) is 1.00. The summed E-state index contributed by atoms with van der Waals surface area (Å²) in [5.41, 5.74) is 0. The van der Waals surface area contributed by atoms with Crippen molar-refractivity contribution in [3.05, 3.63) is 0 Å². The molecule has 2 nitrogen and oxygen atoms in total. The summed E-state index contributed by atoms with van der Waals surface area (Å²) in [4.78, 5) is 2.48. The highest BCUT2D eigenvalue weighted by molar-refractivity contribution is 6.17. The molecule has 78 valence electrons. The Balaban J connectivity index is 1.96. The van der Waals surface area contributed by atoms with Gasteiger partial charge >= 0.3 is 0 Å². The second-order valence-electron chi connectivity index (χ2n) is 3.83. The molecule has 0 amide bonds. The minimum absolute atomic E-state index is 0.608. The van der Waals surface area contributed by atoms with E-state index in [1.165, 1.54) is 25.9 Å². The van der Waals surface area contributed by atoms with Crippen LogP contribution in [0, 0.1) is 5.92 Å². The van der Waals surface area contributed by atoms with Crippen molar-refractivity contribution in [1.82, 2.24) is 4.90 Å². The van der Waals surface area contributed by atoms with E-state index in [1.807, 2.05) is 0 Å². The van der Waals surface area contributed by atoms with Crippen molar-refractivity contribution in [2.24, 2.45) is 5.92 Å². The summed E-state index contributed by atoms with van der Waals surface area (Å²) < 4.78 is 5.34. The number of alkyl halides is 1. The molecule has 0 unspecified atom stereocenters. The van der Waals surface area contributed by atoms with Crippen LogP contribution in [-0.4, -0.2) is 43.6 Å². The van der Waals surface area contributed by atoms with Crippen LogP contribution in [0.5, 0.6) is 0 Å². The van der Waals surface area contributed by atoms with Crippen LogP contribution in [-0.2, 0) is 4.74 Å². The van der Waals surface area contributed by atoms with Crippen LogP contribution in [0.2, 0.25) is 0 Å². The number of hydrogen-bond donors (Lipinski definition) is 0. The van der Waals surface area contributed by atoms with E-state index in [2.05, 4.69) is 11.8 Å². The minimum atomic E-state index is 0.608. The van der Waals surface area contributed by atoms with Crippen LogP contribution in [0.1, 0.15) is 19.8 Å². The fourth-order valence-electron chi connectivity index (χ4n) is 1.64. The normalized spacial score (nSPS) is 20.8. The molecule has 0 bridgehead atoms. The molecule has 1 aliphatic rings. The summed E-state index contributed by atoms with van der Waals surface area (Å²) in [6, 6.07) is 0. The summed E-state index contributed by atoms with van der Waals surface area (Å²) in [6.45, 7) is 7.41. The predicted octanol–water partition coefficient (Wildman–Crippen LogP) is 1.97. The van der Waals surface area contributed by atoms with Crippen LogP contribution in [0.25, 0.3) is 0 Å². The summed E-state index contributed by atoms with van der Waals surface area (Å²) in [5.74, 6) is 1.52. The largest absolute Gasteiger partial charge is 0.379 e. The highest BCUT2D eigenvalue weighted by atomic mass is 35.5. The van der Waals surface area contributed by atoms with Gasteiger partial charge in [0.2, 0.25) is 0 Å². The standard InChI is InChI=1S/C10H20ClNO/c1-10-2-5-12(6-3-10)7-9-13-8-4-11/h10H,2-9H2,1H3. The first-order valence-corrected chi connectivity index (χ1v) is 5.72. The third kappa shape index (κ3) is 4.84. The maximum absolute atomic E-state index is 5.50. The zero-order valence-corrected chi connectivity index (χ0v) is 9.22. The van der Waals surface area contributed by atoms with Crippen LogP contribution < -0.4 is 0 Å². The third-order valence-corrected chi connectivity index (χ3v) is 2.80. The van der Waals surface area contributed by atoms with E-state index in [9.17, 15) is 0 Å². The summed E-state index contributed by atoms with van der Waals surface area (Å²) in [6.07, 6.45) is 2.69. The van der Waals surface area contributed by atoms with Gasteiger partial charge in [0.15, 0.2) is 0 Å². The quantitative estimate of drug-likeness (QED) is 0.503. The number of rotatable bonds is 5. The summed E-state index contributed by atoms with van der Waals surface area (Å²) >= 11 is 5.50. The highest BCUT2D eigenvalue weighted by Crippen LogP contribution is 2.15. The van der Waals surface area contributed by atoms with Crippen molar-refractivity contribution in [1.29, 1.82) is 0 Å². The van der Waals surface area contributed by atoms with E-state index < -0.39 is 0 Å². The van der Waals surface area contributed by atoms with Gasteiger partial charge in [-0.2, -0.15) is 0 Å². The molecule has 1 fully saturated rings. The van der Waals surface area contributed by atoms with Crippen molar-refractivity contribution in [3.63, 3.8) is 0 Å². The first-order valence-electron chi connectivity index (χ1n) is 5.19. The Labute approximate surface area is 86.2 Å². The lowest BCUT2D eigenvalue weighted by Crippen LogP contribution is -2.35. The monoisotopic (exact) mass is 205 g/mol. The molecule has 0 aromatic heterocycles. The van der Waals surface area contributed by atoms with E-state index in [0.29, 0.717) is 12.5 Å². The number of halogens is 1. The Bertz CT molecular complexity index is 124. The maximum atomic E-state index is 5.50. The van der Waals surface area contributed by atoms with E-state index >= 15 is 0 Å². The minimum Gasteiger partial charge on any atom is -0.379 e. The number of piperidine rings is 1. The van der Waals surface area contributed by atoms with E-state index in [1.54, 1.807) is 0 Å². The van der Waals surface area contributed by atoms with Crippen molar-refractivity contribution in [3.8, 4) is 0 Å². The Kier molecular flexibility index (Phi) is 5.76. The molecule has 0 saturated carbocycles. The van der Waals surface area contributed by atoms with E-state index in [0.717, 1.165) is 19.1 Å². The summed E-state index contributed by atoms with van der Waals surface area (Å²) in [7, 11) is 0. The second-order valence-corrected chi connectivity index (χ2v) is 4.20. The van der Waals surface area contributed by atoms with Gasteiger partial charge in [-0.3, -0.25) is 0 Å². The van der Waals surface area contributed by atoms with Crippen LogP contribution in [0.4, 0.5) is 0 Å². The lowest BCUT2D eigenvalue weighted by molar-refractivity contribution is 0.0986. The molecule has 1 heterocycles. The van der Waals surface area contributed by atoms with Crippen molar-refractivity contribution >= 4 is 11.6 Å². The van der Waals surface area contributed by atoms with Gasteiger partial charge in [0.25, 0.3) is 0 Å². The Morgan fingerprint density at radius 2 is 2.00 bits per heavy atom. The average Bonchev–Trinajstić information content (AvgIpc) is 2.15. The SMILES string of the molecule is CC1CCN(CCOCCCl)CC1. The van der Waals surface area contributed by atoms with Gasteiger partial charge in [0, 0.05) is 12.4 Å². The average molecular weight is 206 g/mol. The smallest absolute Gasteiger partial charge is 0.0602 e. The van der Waals surface area contributed by atoms with Gasteiger partial charge in [-0.05, 0) is 31.8 Å². The molecule has 0 aliphatic carbocycles. The van der Waals surface area contributed by atoms with Gasteiger partial charge < -0.3 is 9.64 Å². The molecule has 1 aliphatic heterocycles. The molecule has 13 heavy (non-hydrogen) atoms. The van der Waals surface area contributed by atoms with Crippen LogP contribution in [0.3, 0.4) is 0 Å². The van der Waals surface area contributed by atoms with Crippen LogP contribution in [0.15, 0.2) is 0 Å². The van der Waals surface area contributed by atoms with Gasteiger partial charge in [-0.1, -0.05) is 6.92 Å². The lowest BCUT2D eigenvalue weighted by Gasteiger charge is -2.29. The molecule has 0 aromatic rings. The van der Waals surface area contributed by atoms with Gasteiger partial charge in [-0.25, -0.2) is 0 Å². The molecule has 0 atom stereocenters. The molecule has 1 rings (SSSR count). The zero-order chi connectivity index (χ0) is 9.52. The van der Waals surface area contributed by atoms with E-state index in [-0.39, 0.29) is 0 Å². The molecule has 3 heteroatoms. The lowest BCUT2D eigenvalue weighted by atomic mass is 9.99. The first kappa shape index (κ1) is 11.3. The molecule has 0 N–H and O–H groups in total. The maximum Gasteiger partial charge on any atom is 0.0602 e. The first-order chi connectivity index (χ1) is 6.33. The number of likely N-dealkylation sites (tertiary alicyclic amines) is 1. The van der Waals surface area contributed by atoms with Crippen molar-refractivity contribution < 1.29 is 4.74 Å². The van der Waals surface area contributed by atoms with Gasteiger partial charge in [0.05, 0.1) is 13.2 Å². The summed E-state index contributed by atoms with van der Waals surface area (Å²) in [5, 5.41) is 0. The van der Waals surface area contributed by atoms with E-state index in [4.69, 9.17) is 16.3 Å². The number of ether oxygens (including phenoxy) is 1.